The normalized spacial score (nSPS) is 14.4. The topological polar surface area (TPSA) is 50.4 Å². The van der Waals surface area contributed by atoms with Crippen molar-refractivity contribution in [2.24, 2.45) is 0 Å². The Bertz CT molecular complexity index is 473. The Balaban J connectivity index is 1.94. The summed E-state index contributed by atoms with van der Waals surface area (Å²) in [5.74, 6) is 0.590. The van der Waals surface area contributed by atoms with Crippen LogP contribution in [0.15, 0.2) is 18.2 Å². The van der Waals surface area contributed by atoms with Crippen molar-refractivity contribution in [3.05, 3.63) is 28.8 Å². The molecule has 110 valence electrons. The van der Waals surface area contributed by atoms with Gasteiger partial charge in [0.25, 0.3) is 5.91 Å². The van der Waals surface area contributed by atoms with E-state index in [1.54, 1.807) is 0 Å². The van der Waals surface area contributed by atoms with Gasteiger partial charge in [0.2, 0.25) is 0 Å². The van der Waals surface area contributed by atoms with Gasteiger partial charge in [-0.3, -0.25) is 4.79 Å². The van der Waals surface area contributed by atoms with E-state index in [2.05, 4.69) is 24.5 Å². The minimum atomic E-state index is -0.0738. The summed E-state index contributed by atoms with van der Waals surface area (Å²) in [6.45, 7) is 4.79. The molecule has 1 aliphatic rings. The molecule has 0 unspecified atom stereocenters. The molecule has 1 aliphatic carbocycles. The molecule has 0 aromatic heterocycles. The summed E-state index contributed by atoms with van der Waals surface area (Å²) in [7, 11) is 0. The van der Waals surface area contributed by atoms with E-state index in [1.165, 1.54) is 0 Å². The second kappa shape index (κ2) is 6.95. The SMILES string of the molecule is CC(C)NCc1c(Cl)cccc1OCC(=O)NC1CC1. The number of carbonyl (C=O) groups excluding carboxylic acids is 1. The van der Waals surface area contributed by atoms with Crippen LogP contribution < -0.4 is 15.4 Å². The summed E-state index contributed by atoms with van der Waals surface area (Å²) in [6, 6.07) is 6.21. The average molecular weight is 297 g/mol. The van der Waals surface area contributed by atoms with Crippen LogP contribution in [0.5, 0.6) is 5.75 Å². The van der Waals surface area contributed by atoms with Gasteiger partial charge in [-0.25, -0.2) is 0 Å². The lowest BCUT2D eigenvalue weighted by Crippen LogP contribution is -2.30. The molecule has 20 heavy (non-hydrogen) atoms. The van der Waals surface area contributed by atoms with E-state index in [0.717, 1.165) is 18.4 Å². The molecule has 0 saturated heterocycles. The fourth-order valence-electron chi connectivity index (χ4n) is 1.79. The molecule has 4 nitrogen and oxygen atoms in total. The van der Waals surface area contributed by atoms with Gasteiger partial charge in [0.05, 0.1) is 0 Å². The van der Waals surface area contributed by atoms with E-state index in [1.807, 2.05) is 18.2 Å². The summed E-state index contributed by atoms with van der Waals surface area (Å²) >= 11 is 6.20. The Morgan fingerprint density at radius 3 is 2.85 bits per heavy atom. The Morgan fingerprint density at radius 2 is 2.20 bits per heavy atom. The molecular weight excluding hydrogens is 276 g/mol. The van der Waals surface area contributed by atoms with Crippen molar-refractivity contribution >= 4 is 17.5 Å². The van der Waals surface area contributed by atoms with E-state index in [4.69, 9.17) is 16.3 Å². The first-order valence-corrected chi connectivity index (χ1v) is 7.37. The highest BCUT2D eigenvalue weighted by atomic mass is 35.5. The number of rotatable bonds is 7. The maximum atomic E-state index is 11.6. The molecule has 5 heteroatoms. The molecule has 0 bridgehead atoms. The number of ether oxygens (including phenoxy) is 1. The fraction of sp³-hybridized carbons (Fsp3) is 0.533. The number of halogens is 1. The lowest BCUT2D eigenvalue weighted by molar-refractivity contribution is -0.123. The molecule has 1 fully saturated rings. The first-order valence-electron chi connectivity index (χ1n) is 6.99. The molecule has 0 radical (unpaired) electrons. The van der Waals surface area contributed by atoms with E-state index in [9.17, 15) is 4.79 Å². The van der Waals surface area contributed by atoms with Gasteiger partial charge >= 0.3 is 0 Å². The monoisotopic (exact) mass is 296 g/mol. The van der Waals surface area contributed by atoms with E-state index in [0.29, 0.717) is 29.4 Å². The van der Waals surface area contributed by atoms with Gasteiger partial charge in [-0.1, -0.05) is 31.5 Å². The van der Waals surface area contributed by atoms with Gasteiger partial charge in [0.1, 0.15) is 5.75 Å². The van der Waals surface area contributed by atoms with Crippen molar-refractivity contribution in [3.8, 4) is 5.75 Å². The van der Waals surface area contributed by atoms with Crippen molar-refractivity contribution in [2.75, 3.05) is 6.61 Å². The highest BCUT2D eigenvalue weighted by Crippen LogP contribution is 2.26. The Labute approximate surface area is 124 Å². The third-order valence-electron chi connectivity index (χ3n) is 3.06. The van der Waals surface area contributed by atoms with Gasteiger partial charge in [0.15, 0.2) is 6.61 Å². The molecule has 0 spiro atoms. The minimum Gasteiger partial charge on any atom is -0.483 e. The van der Waals surface area contributed by atoms with Crippen LogP contribution >= 0.6 is 11.6 Å². The van der Waals surface area contributed by atoms with Crippen molar-refractivity contribution in [1.29, 1.82) is 0 Å². The number of nitrogens with one attached hydrogen (secondary N) is 2. The molecule has 1 aromatic carbocycles. The zero-order chi connectivity index (χ0) is 14.5. The lowest BCUT2D eigenvalue weighted by Gasteiger charge is -2.15. The predicted octanol–water partition coefficient (Wildman–Crippen LogP) is 2.50. The minimum absolute atomic E-state index is 0.0333. The van der Waals surface area contributed by atoms with Gasteiger partial charge in [-0.2, -0.15) is 0 Å². The van der Waals surface area contributed by atoms with Crippen LogP contribution in [-0.2, 0) is 11.3 Å². The maximum Gasteiger partial charge on any atom is 0.258 e. The Kier molecular flexibility index (Phi) is 5.26. The summed E-state index contributed by atoms with van der Waals surface area (Å²) in [5, 5.41) is 6.85. The van der Waals surface area contributed by atoms with Gasteiger partial charge in [0, 0.05) is 29.2 Å². The third kappa shape index (κ3) is 4.69. The number of hydrogen-bond acceptors (Lipinski definition) is 3. The third-order valence-corrected chi connectivity index (χ3v) is 3.42. The van der Waals surface area contributed by atoms with Crippen molar-refractivity contribution in [2.45, 2.75) is 45.3 Å². The van der Waals surface area contributed by atoms with Crippen LogP contribution in [0, 0.1) is 0 Å². The summed E-state index contributed by atoms with van der Waals surface area (Å²) in [6.07, 6.45) is 2.15. The van der Waals surface area contributed by atoms with Crippen LogP contribution in [0.25, 0.3) is 0 Å². The summed E-state index contributed by atoms with van der Waals surface area (Å²) in [5.41, 5.74) is 0.891. The van der Waals surface area contributed by atoms with Crippen molar-refractivity contribution < 1.29 is 9.53 Å². The second-order valence-electron chi connectivity index (χ2n) is 5.38. The van der Waals surface area contributed by atoms with E-state index < -0.39 is 0 Å². The zero-order valence-corrected chi connectivity index (χ0v) is 12.7. The van der Waals surface area contributed by atoms with Crippen LogP contribution in [0.1, 0.15) is 32.3 Å². The standard InChI is InChI=1S/C15H21ClN2O2/c1-10(2)17-8-12-13(16)4-3-5-14(12)20-9-15(19)18-11-6-7-11/h3-5,10-11,17H,6-9H2,1-2H3,(H,18,19). The van der Waals surface area contributed by atoms with Crippen LogP contribution in [-0.4, -0.2) is 24.6 Å². The first-order chi connectivity index (χ1) is 9.56. The number of carbonyl (C=O) groups is 1. The molecule has 1 saturated carbocycles. The molecule has 1 amide bonds. The largest absolute Gasteiger partial charge is 0.483 e. The van der Waals surface area contributed by atoms with Crippen LogP contribution in [0.2, 0.25) is 5.02 Å². The van der Waals surface area contributed by atoms with Gasteiger partial charge in [-0.15, -0.1) is 0 Å². The maximum absolute atomic E-state index is 11.6. The summed E-state index contributed by atoms with van der Waals surface area (Å²) in [4.78, 5) is 11.6. The lowest BCUT2D eigenvalue weighted by atomic mass is 10.2. The zero-order valence-electron chi connectivity index (χ0n) is 11.9. The number of hydrogen-bond donors (Lipinski definition) is 2. The second-order valence-corrected chi connectivity index (χ2v) is 5.79. The summed E-state index contributed by atoms with van der Waals surface area (Å²) < 4.78 is 5.60. The van der Waals surface area contributed by atoms with E-state index >= 15 is 0 Å². The highest BCUT2D eigenvalue weighted by Gasteiger charge is 2.23. The number of benzene rings is 1. The quantitative estimate of drug-likeness (QED) is 0.813. The number of amides is 1. The molecule has 2 rings (SSSR count). The molecule has 1 aromatic rings. The Morgan fingerprint density at radius 1 is 1.45 bits per heavy atom. The predicted molar refractivity (Wildman–Crippen MR) is 80.1 cm³/mol. The van der Waals surface area contributed by atoms with Crippen molar-refractivity contribution in [1.82, 2.24) is 10.6 Å². The van der Waals surface area contributed by atoms with Crippen molar-refractivity contribution in [3.63, 3.8) is 0 Å². The Hall–Kier alpha value is -1.26. The molecule has 0 heterocycles. The average Bonchev–Trinajstić information content (AvgIpc) is 3.18. The first kappa shape index (κ1) is 15.1. The van der Waals surface area contributed by atoms with Gasteiger partial charge < -0.3 is 15.4 Å². The fourth-order valence-corrected chi connectivity index (χ4v) is 2.02. The van der Waals surface area contributed by atoms with Gasteiger partial charge in [-0.05, 0) is 25.0 Å². The molecule has 2 N–H and O–H groups in total. The molecule has 0 atom stereocenters. The van der Waals surface area contributed by atoms with Crippen LogP contribution in [0.4, 0.5) is 0 Å². The highest BCUT2D eigenvalue weighted by molar-refractivity contribution is 6.31. The van der Waals surface area contributed by atoms with Crippen LogP contribution in [0.3, 0.4) is 0 Å². The van der Waals surface area contributed by atoms with E-state index in [-0.39, 0.29) is 12.5 Å². The molecular formula is C15H21ClN2O2. The smallest absolute Gasteiger partial charge is 0.258 e. The molecule has 0 aliphatic heterocycles.